The predicted octanol–water partition coefficient (Wildman–Crippen LogP) is -9.34. The number of hydrogen-bond acceptors (Lipinski definition) is 16. The third kappa shape index (κ3) is 11.1. The third-order valence-electron chi connectivity index (χ3n) is 11.5. The Morgan fingerprint density at radius 3 is 2.16 bits per heavy atom. The Morgan fingerprint density at radius 1 is 1.00 bits per heavy atom. The summed E-state index contributed by atoms with van der Waals surface area (Å²) in [5.74, 6) is -3.86. The summed E-state index contributed by atoms with van der Waals surface area (Å²) in [5.41, 5.74) is -0.432. The minimum Gasteiger partial charge on any atom is -0.726 e. The van der Waals surface area contributed by atoms with E-state index in [1.807, 2.05) is 6.92 Å². The van der Waals surface area contributed by atoms with Crippen LogP contribution in [0.2, 0.25) is 0 Å². The number of carbonyl (C=O) groups is 2. The van der Waals surface area contributed by atoms with Gasteiger partial charge in [0.25, 0.3) is 0 Å². The number of aliphatic hydroxyl groups is 2. The van der Waals surface area contributed by atoms with Crippen molar-refractivity contribution in [2.24, 2.45) is 40.4 Å². The summed E-state index contributed by atoms with van der Waals surface area (Å²) >= 11 is 0. The summed E-state index contributed by atoms with van der Waals surface area (Å²) in [6.45, 7) is 8.35. The van der Waals surface area contributed by atoms with Crippen LogP contribution in [0.25, 0.3) is 0 Å². The maximum atomic E-state index is 12.9. The van der Waals surface area contributed by atoms with Gasteiger partial charge in [0.1, 0.15) is 18.3 Å². The Labute approximate surface area is 426 Å². The second-order valence-corrected chi connectivity index (χ2v) is 16.8. The van der Waals surface area contributed by atoms with Crippen molar-refractivity contribution >= 4 is 32.7 Å². The van der Waals surface area contributed by atoms with E-state index in [4.69, 9.17) is 14.2 Å². The van der Waals surface area contributed by atoms with Crippen LogP contribution in [0.1, 0.15) is 72.1 Å². The fourth-order valence-electron chi connectivity index (χ4n) is 9.80. The molecule has 0 aromatic carbocycles. The molecule has 51 heavy (non-hydrogen) atoms. The molecule has 0 aromatic heterocycles. The molecule has 2 bridgehead atoms. The Kier molecular flexibility index (Phi) is 19.2. The van der Waals surface area contributed by atoms with Crippen LogP contribution in [0, 0.1) is 40.4 Å². The van der Waals surface area contributed by atoms with E-state index in [1.165, 1.54) is 0 Å². The maximum Gasteiger partial charge on any atom is 1.00 e. The largest absolute Gasteiger partial charge is 1.00 e. The molecule has 2 N–H and O–H groups in total. The van der Waals surface area contributed by atoms with Crippen LogP contribution >= 0.6 is 0 Å². The van der Waals surface area contributed by atoms with Crippen molar-refractivity contribution in [1.29, 1.82) is 0 Å². The van der Waals surface area contributed by atoms with Gasteiger partial charge in [0.05, 0.1) is 18.8 Å². The number of rotatable bonds is 11. The van der Waals surface area contributed by atoms with Gasteiger partial charge in [0.2, 0.25) is 20.8 Å². The van der Waals surface area contributed by atoms with Crippen molar-refractivity contribution in [3.05, 3.63) is 12.2 Å². The van der Waals surface area contributed by atoms with Crippen molar-refractivity contribution in [3.63, 3.8) is 0 Å². The molecule has 1 heterocycles. The summed E-state index contributed by atoms with van der Waals surface area (Å²) in [4.78, 5) is 25.5. The molecule has 13 atom stereocenters. The molecule has 1 spiro atoms. The van der Waals surface area contributed by atoms with Crippen LogP contribution in [0.15, 0.2) is 12.2 Å². The second-order valence-electron chi connectivity index (χ2n) is 14.7. The Morgan fingerprint density at radius 2 is 1.61 bits per heavy atom. The predicted molar refractivity (Wildman–Crippen MR) is 156 cm³/mol. The minimum atomic E-state index is -5.69. The van der Waals surface area contributed by atoms with Crippen molar-refractivity contribution in [2.45, 2.75) is 115 Å². The van der Waals surface area contributed by atoms with Crippen LogP contribution in [0.5, 0.6) is 0 Å². The van der Waals surface area contributed by atoms with Gasteiger partial charge in [-0.3, -0.25) is 13.2 Å². The zero-order valence-electron chi connectivity index (χ0n) is 29.9. The molecule has 1 saturated heterocycles. The topological polar surface area (TPSA) is 258 Å². The molecule has 0 aromatic rings. The van der Waals surface area contributed by atoms with Gasteiger partial charge in [-0.2, -0.15) is 0 Å². The molecule has 4 saturated carbocycles. The van der Waals surface area contributed by atoms with Crippen LogP contribution in [-0.4, -0.2) is 97.6 Å². The van der Waals surface area contributed by atoms with E-state index in [-0.39, 0.29) is 197 Å². The smallest absolute Gasteiger partial charge is 0.726 e. The molecule has 3 unspecified atom stereocenters. The van der Waals surface area contributed by atoms with E-state index < -0.39 is 99.0 Å². The van der Waals surface area contributed by atoms with Crippen molar-refractivity contribution in [1.82, 2.24) is 0 Å². The Hall–Kier alpha value is 3.17. The first-order valence-corrected chi connectivity index (χ1v) is 18.8. The first-order chi connectivity index (χ1) is 22.2. The van der Waals surface area contributed by atoms with Gasteiger partial charge in [-0.1, -0.05) is 27.4 Å². The zero-order chi connectivity index (χ0) is 35.6. The average Bonchev–Trinajstić information content (AvgIpc) is 3.12. The van der Waals surface area contributed by atoms with E-state index in [0.717, 1.165) is 18.4 Å². The van der Waals surface area contributed by atoms with E-state index in [1.54, 1.807) is 13.8 Å². The van der Waals surface area contributed by atoms with Gasteiger partial charge in [0, 0.05) is 23.7 Å². The number of carboxylic acid groups (broad SMARTS) is 1. The first-order valence-electron chi connectivity index (χ1n) is 16.2. The Bertz CT molecular complexity index is 1500. The van der Waals surface area contributed by atoms with Gasteiger partial charge >= 0.3 is 160 Å². The minimum absolute atomic E-state index is 0. The first kappa shape index (κ1) is 50.3. The number of carbonyl (C=O) groups excluding carboxylic acids is 2. The molecule has 0 radical (unpaired) electrons. The molecular formula is C30H43K3O16S2. The molecule has 16 nitrogen and oxygen atoms in total. The second kappa shape index (κ2) is 19.5. The Balaban J connectivity index is 0.00000300. The van der Waals surface area contributed by atoms with Gasteiger partial charge in [-0.25, -0.2) is 16.8 Å². The fraction of sp³-hybridized carbons (Fsp3) is 0.867. The summed E-state index contributed by atoms with van der Waals surface area (Å²) in [7, 11) is -11.3. The van der Waals surface area contributed by atoms with E-state index in [2.05, 4.69) is 14.9 Å². The number of carboxylic acids is 1. The van der Waals surface area contributed by atoms with Crippen LogP contribution < -0.4 is 159 Å². The monoisotopic (exact) mass is 840 g/mol. The van der Waals surface area contributed by atoms with E-state index in [0.29, 0.717) is 19.3 Å². The van der Waals surface area contributed by atoms with Gasteiger partial charge < -0.3 is 43.4 Å². The van der Waals surface area contributed by atoms with Crippen molar-refractivity contribution in [2.75, 3.05) is 6.61 Å². The fourth-order valence-corrected chi connectivity index (χ4v) is 10.8. The number of aliphatic hydroxyl groups excluding tert-OH is 2. The number of ether oxygens (including phenoxy) is 3. The standard InChI is InChI=1S/C30H46O16S2.3K/c1-14(2)9-22(32)44-25-24(46-48(39,40)41)23(45-47(36,37)38)20(13-31)43-28(25)42-17-10-18(27(34)35)19-7-8-30-11-16(15(3)26(30)33)5-6-21(30)29(19,4)12-17;;;/h14,16-21,23-26,28,31,33H,3,5-13H2,1-2,4H3,(H,34,35)(H,36,37,38)(H,39,40,41);;;/q;3*+1/p-3/t16-,17-,18-,19-,20?,21+,23-,24?,25?,26+,28-,29-,30-;;;/m1.../s1. The molecule has 5 fully saturated rings. The molecule has 21 heteroatoms. The number of aliphatic carboxylic acids is 1. The van der Waals surface area contributed by atoms with E-state index >= 15 is 0 Å². The SMILES string of the molecule is C=C1[C@@H]2CC[C@H]3[C@]4(C)C[C@H](O[C@@H]5OC(CO)[C@@H](OS(=O)(=O)[O-])C(OS(=O)(=O)[O-])C5OC(=O)CC(C)C)C[C@@H](C(=O)[O-])[C@H]4CC[C@]3(C2)[C@H]1O.[K+].[K+].[K+]. The van der Waals surface area contributed by atoms with Gasteiger partial charge in [0.15, 0.2) is 12.4 Å². The van der Waals surface area contributed by atoms with Crippen molar-refractivity contribution < 1.29 is 228 Å². The number of esters is 1. The number of hydrogen-bond donors (Lipinski definition) is 2. The van der Waals surface area contributed by atoms with Crippen LogP contribution in [0.4, 0.5) is 0 Å². The normalized spacial score (nSPS) is 40.5. The summed E-state index contributed by atoms with van der Waals surface area (Å²) in [6.07, 6.45) is -8.83. The molecule has 5 rings (SSSR count). The maximum absolute atomic E-state index is 12.9. The molecule has 0 amide bonds. The third-order valence-corrected chi connectivity index (χ3v) is 12.4. The summed E-state index contributed by atoms with van der Waals surface area (Å²) < 4.78 is 96.8. The van der Waals surface area contributed by atoms with Crippen molar-refractivity contribution in [3.8, 4) is 0 Å². The quantitative estimate of drug-likeness (QED) is 0.0489. The zero-order valence-corrected chi connectivity index (χ0v) is 40.9. The van der Waals surface area contributed by atoms with E-state index in [9.17, 15) is 50.8 Å². The van der Waals surface area contributed by atoms with Crippen LogP contribution in [-0.2, 0) is 53.0 Å². The molecule has 5 aliphatic rings. The molecule has 4 aliphatic carbocycles. The summed E-state index contributed by atoms with van der Waals surface area (Å²) in [5, 5.41) is 34.1. The van der Waals surface area contributed by atoms with Gasteiger partial charge in [-0.15, -0.1) is 0 Å². The van der Waals surface area contributed by atoms with Crippen LogP contribution in [0.3, 0.4) is 0 Å². The number of fused-ring (bicyclic) bond motifs is 3. The molecule has 274 valence electrons. The van der Waals surface area contributed by atoms with Gasteiger partial charge in [-0.05, 0) is 79.6 Å². The summed E-state index contributed by atoms with van der Waals surface area (Å²) in [6, 6.07) is 0. The average molecular weight is 841 g/mol. The molecule has 1 aliphatic heterocycles. The molecular weight excluding hydrogens is 798 g/mol.